The molecule has 0 spiro atoms. The molecule has 0 aliphatic heterocycles. The van der Waals surface area contributed by atoms with Gasteiger partial charge in [-0.25, -0.2) is 4.79 Å². The summed E-state index contributed by atoms with van der Waals surface area (Å²) in [6.45, 7) is 6.22. The summed E-state index contributed by atoms with van der Waals surface area (Å²) in [6, 6.07) is 3.32. The number of hydrogen-bond donors (Lipinski definition) is 1. The molecule has 3 rings (SSSR count). The molecule has 1 saturated carbocycles. The van der Waals surface area contributed by atoms with E-state index in [-0.39, 0.29) is 6.10 Å². The third-order valence-electron chi connectivity index (χ3n) is 5.19. The molecule has 2 aromatic heterocycles. The predicted molar refractivity (Wildman–Crippen MR) is 90.0 cm³/mol. The van der Waals surface area contributed by atoms with E-state index in [0.717, 1.165) is 0 Å². The van der Waals surface area contributed by atoms with Crippen LogP contribution in [0.2, 0.25) is 0 Å². The predicted octanol–water partition coefficient (Wildman–Crippen LogP) is 2.30. The fraction of sp³-hybridized carbons (Fsp3) is 0.500. The Balaban J connectivity index is 1.88. The number of nitrogens with zero attached hydrogens (tertiary/aromatic N) is 1. The molecule has 25 heavy (non-hydrogen) atoms. The Morgan fingerprint density at radius 3 is 2.84 bits per heavy atom. The van der Waals surface area contributed by atoms with Gasteiger partial charge in [0.05, 0.1) is 25.0 Å². The lowest BCUT2D eigenvalue weighted by atomic mass is 9.54. The van der Waals surface area contributed by atoms with Gasteiger partial charge in [-0.05, 0) is 13.0 Å². The van der Waals surface area contributed by atoms with Crippen LogP contribution in [-0.4, -0.2) is 42.2 Å². The molecule has 0 bridgehead atoms. The average Bonchev–Trinajstić information content (AvgIpc) is 3.07. The Hall–Kier alpha value is -2.41. The standard InChI is InChI=1S/C18H22N2O5/c1-5-24-14-9-18(16(22)23-4,17(14,2)3)20-15(21)11-8-13-12(19-10-11)6-7-25-13/h6-8,10,14H,5,9H2,1-4H3,(H,20,21)/t14-,18-/m1/s1. The van der Waals surface area contributed by atoms with E-state index < -0.39 is 22.8 Å². The minimum atomic E-state index is -1.14. The summed E-state index contributed by atoms with van der Waals surface area (Å²) in [5, 5.41) is 2.86. The van der Waals surface area contributed by atoms with Gasteiger partial charge in [-0.15, -0.1) is 0 Å². The highest BCUT2D eigenvalue weighted by Crippen LogP contribution is 2.52. The molecule has 1 fully saturated rings. The van der Waals surface area contributed by atoms with Crippen molar-refractivity contribution in [3.63, 3.8) is 0 Å². The van der Waals surface area contributed by atoms with Crippen LogP contribution in [0.1, 0.15) is 37.6 Å². The van der Waals surface area contributed by atoms with Gasteiger partial charge in [0.2, 0.25) is 0 Å². The second-order valence-electron chi connectivity index (χ2n) is 6.75. The third kappa shape index (κ3) is 2.59. The molecule has 1 N–H and O–H groups in total. The van der Waals surface area contributed by atoms with Crippen LogP contribution in [0.15, 0.2) is 29.0 Å². The van der Waals surface area contributed by atoms with E-state index in [2.05, 4.69) is 10.3 Å². The number of furan rings is 1. The lowest BCUT2D eigenvalue weighted by Crippen LogP contribution is -2.76. The van der Waals surface area contributed by atoms with Crippen molar-refractivity contribution in [3.8, 4) is 0 Å². The topological polar surface area (TPSA) is 90.7 Å². The molecular formula is C18H22N2O5. The quantitative estimate of drug-likeness (QED) is 0.836. The van der Waals surface area contributed by atoms with Crippen LogP contribution >= 0.6 is 0 Å². The molecule has 7 nitrogen and oxygen atoms in total. The van der Waals surface area contributed by atoms with E-state index in [4.69, 9.17) is 13.9 Å². The Bertz CT molecular complexity index is 813. The van der Waals surface area contributed by atoms with Crippen molar-refractivity contribution in [1.82, 2.24) is 10.3 Å². The molecule has 2 aromatic rings. The summed E-state index contributed by atoms with van der Waals surface area (Å²) < 4.78 is 15.9. The first kappa shape index (κ1) is 17.4. The van der Waals surface area contributed by atoms with Gasteiger partial charge in [-0.3, -0.25) is 9.78 Å². The lowest BCUT2D eigenvalue weighted by Gasteiger charge is -2.58. The largest absolute Gasteiger partial charge is 0.467 e. The fourth-order valence-corrected chi connectivity index (χ4v) is 3.43. The number of carbonyl (C=O) groups excluding carboxylic acids is 2. The highest BCUT2D eigenvalue weighted by Gasteiger charge is 2.66. The zero-order chi connectivity index (χ0) is 18.2. The van der Waals surface area contributed by atoms with Crippen LogP contribution in [0.25, 0.3) is 11.1 Å². The molecular weight excluding hydrogens is 324 g/mol. The van der Waals surface area contributed by atoms with Crippen molar-refractivity contribution in [3.05, 3.63) is 30.2 Å². The molecule has 7 heteroatoms. The highest BCUT2D eigenvalue weighted by atomic mass is 16.5. The SMILES string of the molecule is CCO[C@@H]1C[C@@](NC(=O)c2cnc3ccoc3c2)(C(=O)OC)C1(C)C. The lowest BCUT2D eigenvalue weighted by molar-refractivity contribution is -0.193. The summed E-state index contributed by atoms with van der Waals surface area (Å²) in [5.74, 6) is -0.881. The maximum Gasteiger partial charge on any atom is 0.332 e. The molecule has 2 atom stereocenters. The van der Waals surface area contributed by atoms with Gasteiger partial charge in [-0.2, -0.15) is 0 Å². The first-order valence-corrected chi connectivity index (χ1v) is 8.21. The Morgan fingerprint density at radius 2 is 2.20 bits per heavy atom. The number of rotatable bonds is 5. The Kier molecular flexibility index (Phi) is 4.28. The minimum absolute atomic E-state index is 0.137. The molecule has 134 valence electrons. The molecule has 1 aliphatic carbocycles. The zero-order valence-corrected chi connectivity index (χ0v) is 14.8. The maximum atomic E-state index is 12.7. The van der Waals surface area contributed by atoms with Crippen LogP contribution < -0.4 is 5.32 Å². The number of carbonyl (C=O) groups is 2. The van der Waals surface area contributed by atoms with E-state index in [1.807, 2.05) is 20.8 Å². The second-order valence-corrected chi connectivity index (χ2v) is 6.75. The molecule has 1 amide bonds. The van der Waals surface area contributed by atoms with Crippen LogP contribution in [0, 0.1) is 5.41 Å². The highest BCUT2D eigenvalue weighted by molar-refractivity contribution is 6.00. The Morgan fingerprint density at radius 1 is 1.44 bits per heavy atom. The van der Waals surface area contributed by atoms with Crippen LogP contribution in [-0.2, 0) is 14.3 Å². The molecule has 0 aromatic carbocycles. The Labute approximate surface area is 145 Å². The first-order valence-electron chi connectivity index (χ1n) is 8.21. The summed E-state index contributed by atoms with van der Waals surface area (Å²) in [5.41, 5.74) is -0.244. The van der Waals surface area contributed by atoms with E-state index in [1.54, 1.807) is 12.1 Å². The molecule has 0 unspecified atom stereocenters. The second kappa shape index (κ2) is 6.15. The molecule has 0 radical (unpaired) electrons. The van der Waals surface area contributed by atoms with Gasteiger partial charge in [0.15, 0.2) is 5.58 Å². The minimum Gasteiger partial charge on any atom is -0.467 e. The normalized spacial score (nSPS) is 24.6. The van der Waals surface area contributed by atoms with Crippen molar-refractivity contribution in [2.75, 3.05) is 13.7 Å². The third-order valence-corrected chi connectivity index (χ3v) is 5.19. The van der Waals surface area contributed by atoms with E-state index in [0.29, 0.717) is 29.7 Å². The van der Waals surface area contributed by atoms with Gasteiger partial charge in [0, 0.05) is 30.7 Å². The molecule has 0 saturated heterocycles. The number of fused-ring (bicyclic) bond motifs is 1. The number of esters is 1. The van der Waals surface area contributed by atoms with Crippen molar-refractivity contribution < 1.29 is 23.5 Å². The van der Waals surface area contributed by atoms with Crippen molar-refractivity contribution in [1.29, 1.82) is 0 Å². The van der Waals surface area contributed by atoms with E-state index in [1.165, 1.54) is 19.6 Å². The number of aromatic nitrogens is 1. The number of amides is 1. The number of ether oxygens (including phenoxy) is 2. The molecule has 1 aliphatic rings. The number of nitrogens with one attached hydrogen (secondary N) is 1. The van der Waals surface area contributed by atoms with Crippen molar-refractivity contribution in [2.24, 2.45) is 5.41 Å². The van der Waals surface area contributed by atoms with Crippen LogP contribution in [0.4, 0.5) is 0 Å². The van der Waals surface area contributed by atoms with Gasteiger partial charge in [-0.1, -0.05) is 13.8 Å². The number of hydrogen-bond acceptors (Lipinski definition) is 6. The van der Waals surface area contributed by atoms with E-state index in [9.17, 15) is 9.59 Å². The maximum absolute atomic E-state index is 12.7. The van der Waals surface area contributed by atoms with E-state index >= 15 is 0 Å². The van der Waals surface area contributed by atoms with Crippen LogP contribution in [0.5, 0.6) is 0 Å². The first-order chi connectivity index (χ1) is 11.9. The van der Waals surface area contributed by atoms with Gasteiger partial charge >= 0.3 is 5.97 Å². The van der Waals surface area contributed by atoms with Gasteiger partial charge < -0.3 is 19.2 Å². The summed E-state index contributed by atoms with van der Waals surface area (Å²) in [6.07, 6.45) is 3.20. The van der Waals surface area contributed by atoms with Gasteiger partial charge in [0.25, 0.3) is 5.91 Å². The summed E-state index contributed by atoms with van der Waals surface area (Å²) in [4.78, 5) is 29.4. The van der Waals surface area contributed by atoms with Crippen LogP contribution in [0.3, 0.4) is 0 Å². The summed E-state index contributed by atoms with van der Waals surface area (Å²) in [7, 11) is 1.32. The monoisotopic (exact) mass is 346 g/mol. The molecule has 2 heterocycles. The van der Waals surface area contributed by atoms with Gasteiger partial charge in [0.1, 0.15) is 11.1 Å². The average molecular weight is 346 g/mol. The smallest absolute Gasteiger partial charge is 0.332 e. The summed E-state index contributed by atoms with van der Waals surface area (Å²) >= 11 is 0. The number of methoxy groups -OCH3 is 1. The van der Waals surface area contributed by atoms with Crippen molar-refractivity contribution in [2.45, 2.75) is 38.8 Å². The number of pyridine rings is 1. The fourth-order valence-electron chi connectivity index (χ4n) is 3.43. The zero-order valence-electron chi connectivity index (χ0n) is 14.8. The van der Waals surface area contributed by atoms with Crippen molar-refractivity contribution >= 4 is 23.0 Å².